The molecule has 2 aromatic heterocycles. The summed E-state index contributed by atoms with van der Waals surface area (Å²) in [7, 11) is 0. The largest absolute Gasteiger partial charge is 0.451 e. The third-order valence-electron chi connectivity index (χ3n) is 4.15. The highest BCUT2D eigenvalue weighted by Crippen LogP contribution is 2.25. The average molecular weight is 365 g/mol. The quantitative estimate of drug-likeness (QED) is 0.423. The second-order valence-electron chi connectivity index (χ2n) is 5.89. The van der Waals surface area contributed by atoms with Crippen LogP contribution in [0.1, 0.15) is 27.6 Å². The van der Waals surface area contributed by atoms with Gasteiger partial charge in [0, 0.05) is 22.7 Å². The zero-order valence-electron chi connectivity index (χ0n) is 13.9. The third-order valence-corrected chi connectivity index (χ3v) is 5.00. The van der Waals surface area contributed by atoms with Gasteiger partial charge in [-0.1, -0.05) is 29.5 Å². The fraction of sp³-hybridized carbons (Fsp3) is 0.105. The summed E-state index contributed by atoms with van der Waals surface area (Å²) in [6.07, 6.45) is 0.743. The molecule has 7 heteroatoms. The molecule has 130 valence electrons. The van der Waals surface area contributed by atoms with Gasteiger partial charge in [-0.25, -0.2) is 9.78 Å². The van der Waals surface area contributed by atoms with Gasteiger partial charge in [0.2, 0.25) is 5.78 Å². The zero-order chi connectivity index (χ0) is 18.3. The molecule has 0 aliphatic rings. The molecule has 2 heterocycles. The molecular formula is C19H15N3O3S. The number of ether oxygens (including phenoxy) is 1. The fourth-order valence-corrected chi connectivity index (χ4v) is 3.62. The van der Waals surface area contributed by atoms with Crippen LogP contribution in [0, 0.1) is 0 Å². The number of benzene rings is 2. The Morgan fingerprint density at radius 1 is 1.23 bits per heavy atom. The molecule has 0 saturated carbocycles. The van der Waals surface area contributed by atoms with Gasteiger partial charge < -0.3 is 15.5 Å². The highest BCUT2D eigenvalue weighted by molar-refractivity contribution is 7.22. The first-order valence-electron chi connectivity index (χ1n) is 8.00. The number of aromatic nitrogens is 2. The van der Waals surface area contributed by atoms with Crippen LogP contribution < -0.4 is 5.73 Å². The molecule has 0 fully saturated rings. The van der Waals surface area contributed by atoms with Crippen LogP contribution in [-0.2, 0) is 4.74 Å². The Hall–Kier alpha value is -3.19. The van der Waals surface area contributed by atoms with Crippen molar-refractivity contribution in [2.24, 2.45) is 0 Å². The molecule has 0 amide bonds. The monoisotopic (exact) mass is 365 g/mol. The molecule has 0 spiro atoms. The van der Waals surface area contributed by atoms with Crippen LogP contribution in [0.15, 0.2) is 48.7 Å². The summed E-state index contributed by atoms with van der Waals surface area (Å²) >= 11 is 1.30. The van der Waals surface area contributed by atoms with Crippen molar-refractivity contribution in [3.8, 4) is 0 Å². The van der Waals surface area contributed by atoms with E-state index in [1.54, 1.807) is 31.3 Å². The molecule has 0 aliphatic heterocycles. The van der Waals surface area contributed by atoms with Gasteiger partial charge in [0.1, 0.15) is 0 Å². The Kier molecular flexibility index (Phi) is 3.93. The Morgan fingerprint density at radius 2 is 2.04 bits per heavy atom. The van der Waals surface area contributed by atoms with Gasteiger partial charge in [0.15, 0.2) is 11.2 Å². The average Bonchev–Trinajstić information content (AvgIpc) is 3.22. The van der Waals surface area contributed by atoms with Crippen LogP contribution in [0.25, 0.3) is 21.1 Å². The second kappa shape index (κ2) is 6.27. The number of carbonyl (C=O) groups excluding carboxylic acids is 2. The lowest BCUT2D eigenvalue weighted by atomic mass is 10.1. The van der Waals surface area contributed by atoms with E-state index in [4.69, 9.17) is 10.5 Å². The summed E-state index contributed by atoms with van der Waals surface area (Å²) in [5.41, 5.74) is 8.14. The molecule has 2 aromatic carbocycles. The Bertz CT molecular complexity index is 1150. The molecule has 0 aliphatic carbocycles. The summed E-state index contributed by atoms with van der Waals surface area (Å²) in [6.45, 7) is 1.57. The van der Waals surface area contributed by atoms with Gasteiger partial charge >= 0.3 is 5.97 Å². The topological polar surface area (TPSA) is 98.1 Å². The minimum absolute atomic E-state index is 0.251. The summed E-state index contributed by atoms with van der Waals surface area (Å²) in [5, 5.41) is 1.25. The lowest BCUT2D eigenvalue weighted by Crippen LogP contribution is -2.24. The number of para-hydroxylation sites is 1. The zero-order valence-corrected chi connectivity index (χ0v) is 14.7. The summed E-state index contributed by atoms with van der Waals surface area (Å²) in [5.74, 6) is -0.807. The van der Waals surface area contributed by atoms with E-state index in [2.05, 4.69) is 9.97 Å². The number of nitrogen functional groups attached to an aromatic ring is 1. The summed E-state index contributed by atoms with van der Waals surface area (Å²) in [6, 6.07) is 12.5. The van der Waals surface area contributed by atoms with Crippen LogP contribution in [0.5, 0.6) is 0 Å². The number of nitrogens with zero attached hydrogens (tertiary/aromatic N) is 1. The first-order chi connectivity index (χ1) is 12.5. The number of esters is 1. The van der Waals surface area contributed by atoms with Crippen molar-refractivity contribution in [2.75, 3.05) is 5.73 Å². The number of nitrogens with one attached hydrogen (secondary N) is 1. The van der Waals surface area contributed by atoms with Crippen LogP contribution in [0.2, 0.25) is 0 Å². The first kappa shape index (κ1) is 16.3. The van der Waals surface area contributed by atoms with E-state index < -0.39 is 12.1 Å². The van der Waals surface area contributed by atoms with Gasteiger partial charge in [-0.2, -0.15) is 0 Å². The normalized spacial score (nSPS) is 12.3. The van der Waals surface area contributed by atoms with Gasteiger partial charge in [0.05, 0.1) is 15.8 Å². The highest BCUT2D eigenvalue weighted by Gasteiger charge is 2.23. The van der Waals surface area contributed by atoms with Crippen LogP contribution in [0.3, 0.4) is 0 Å². The molecular weight excluding hydrogens is 350 g/mol. The maximum absolute atomic E-state index is 12.7. The van der Waals surface area contributed by atoms with Crippen molar-refractivity contribution in [1.29, 1.82) is 0 Å². The molecule has 26 heavy (non-hydrogen) atoms. The van der Waals surface area contributed by atoms with E-state index in [9.17, 15) is 9.59 Å². The number of thiazole rings is 1. The number of fused-ring (bicyclic) bond motifs is 2. The van der Waals surface area contributed by atoms with Crippen molar-refractivity contribution < 1.29 is 14.3 Å². The number of hydrogen-bond acceptors (Lipinski definition) is 6. The van der Waals surface area contributed by atoms with Gasteiger partial charge in [-0.05, 0) is 31.2 Å². The highest BCUT2D eigenvalue weighted by atomic mass is 32.1. The van der Waals surface area contributed by atoms with Crippen LogP contribution in [0.4, 0.5) is 5.13 Å². The molecule has 0 unspecified atom stereocenters. The molecule has 0 bridgehead atoms. The molecule has 6 nitrogen and oxygen atoms in total. The van der Waals surface area contributed by atoms with Crippen LogP contribution >= 0.6 is 11.3 Å². The summed E-state index contributed by atoms with van der Waals surface area (Å²) < 4.78 is 6.18. The first-order valence-corrected chi connectivity index (χ1v) is 8.82. The smallest absolute Gasteiger partial charge is 0.338 e. The minimum Gasteiger partial charge on any atom is -0.451 e. The maximum Gasteiger partial charge on any atom is 0.338 e. The number of carbonyl (C=O) groups is 2. The van der Waals surface area contributed by atoms with Crippen molar-refractivity contribution >= 4 is 49.3 Å². The number of rotatable bonds is 4. The van der Waals surface area contributed by atoms with E-state index in [1.807, 2.05) is 24.3 Å². The molecule has 3 N–H and O–H groups in total. The predicted molar refractivity (Wildman–Crippen MR) is 102 cm³/mol. The van der Waals surface area contributed by atoms with E-state index in [0.29, 0.717) is 16.3 Å². The lowest BCUT2D eigenvalue weighted by molar-refractivity contribution is 0.0319. The van der Waals surface area contributed by atoms with Gasteiger partial charge in [-0.3, -0.25) is 4.79 Å². The van der Waals surface area contributed by atoms with Gasteiger partial charge in [-0.15, -0.1) is 0 Å². The maximum atomic E-state index is 12.7. The van der Waals surface area contributed by atoms with E-state index in [1.165, 1.54) is 11.3 Å². The molecule has 0 saturated heterocycles. The number of hydrogen-bond donors (Lipinski definition) is 2. The molecule has 4 rings (SSSR count). The Balaban J connectivity index is 1.55. The summed E-state index contributed by atoms with van der Waals surface area (Å²) in [4.78, 5) is 32.3. The van der Waals surface area contributed by atoms with Crippen LogP contribution in [-0.4, -0.2) is 27.8 Å². The molecule has 1 atom stereocenters. The Morgan fingerprint density at radius 3 is 2.88 bits per heavy atom. The standard InChI is InChI=1S/C19H15N3O3S/c1-10(17(23)13-9-21-14-5-3-2-4-12(13)14)25-18(24)11-6-7-15-16(8-11)26-19(20)22-15/h2-10,21H,1H3,(H2,20,22)/t10-/m1/s1. The van der Waals surface area contributed by atoms with E-state index in [0.717, 1.165) is 21.1 Å². The SMILES string of the molecule is C[C@@H](OC(=O)c1ccc2nc(N)sc2c1)C(=O)c1c[nH]c2ccccc12. The number of aromatic amines is 1. The van der Waals surface area contributed by atoms with Crippen molar-refractivity contribution in [1.82, 2.24) is 9.97 Å². The molecule has 0 radical (unpaired) electrons. The third kappa shape index (κ3) is 2.82. The van der Waals surface area contributed by atoms with Gasteiger partial charge in [0.25, 0.3) is 0 Å². The fourth-order valence-electron chi connectivity index (χ4n) is 2.85. The number of Topliss-reactive ketones (excluding diaryl/α,β-unsaturated/α-hetero) is 1. The number of ketones is 1. The second-order valence-corrected chi connectivity index (χ2v) is 6.96. The van der Waals surface area contributed by atoms with E-state index >= 15 is 0 Å². The Labute approximate surface area is 152 Å². The number of anilines is 1. The number of H-pyrrole nitrogens is 1. The number of nitrogens with two attached hydrogens (primary N) is 1. The van der Waals surface area contributed by atoms with Crippen molar-refractivity contribution in [3.63, 3.8) is 0 Å². The van der Waals surface area contributed by atoms with Crippen molar-refractivity contribution in [3.05, 3.63) is 59.8 Å². The predicted octanol–water partition coefficient (Wildman–Crippen LogP) is 3.79. The van der Waals surface area contributed by atoms with E-state index in [-0.39, 0.29) is 5.78 Å². The molecule has 4 aromatic rings. The lowest BCUT2D eigenvalue weighted by Gasteiger charge is -2.12. The minimum atomic E-state index is -0.899. The van der Waals surface area contributed by atoms with Crippen molar-refractivity contribution in [2.45, 2.75) is 13.0 Å².